The van der Waals surface area contributed by atoms with E-state index >= 15 is 0 Å². The van der Waals surface area contributed by atoms with E-state index in [4.69, 9.17) is 11.6 Å². The topological polar surface area (TPSA) is 62.7 Å². The number of nitrogens with zero attached hydrogens (tertiary/aromatic N) is 3. The fourth-order valence-electron chi connectivity index (χ4n) is 1.86. The number of aromatic nitrogens is 3. The summed E-state index contributed by atoms with van der Waals surface area (Å²) in [5, 5.41) is 7.05. The van der Waals surface area contributed by atoms with Gasteiger partial charge in [0, 0.05) is 23.1 Å². The molecule has 2 heterocycles. The zero-order chi connectivity index (χ0) is 15.2. The largest absolute Gasteiger partial charge is 0.364 e. The summed E-state index contributed by atoms with van der Waals surface area (Å²) in [6.45, 7) is 0.609. The van der Waals surface area contributed by atoms with E-state index in [-0.39, 0.29) is 0 Å². The summed E-state index contributed by atoms with van der Waals surface area (Å²) in [6, 6.07) is 15.0. The number of halogens is 1. The smallest absolute Gasteiger partial charge is 0.229 e. The Hall–Kier alpha value is -2.66. The van der Waals surface area contributed by atoms with Gasteiger partial charge in [-0.25, -0.2) is 4.98 Å². The van der Waals surface area contributed by atoms with Gasteiger partial charge in [-0.3, -0.25) is 4.98 Å². The monoisotopic (exact) mass is 311 g/mol. The third-order valence-corrected chi connectivity index (χ3v) is 3.18. The minimum atomic E-state index is 0.522. The molecule has 0 saturated heterocycles. The van der Waals surface area contributed by atoms with Crippen LogP contribution in [0.25, 0.3) is 0 Å². The number of nitrogens with one attached hydrogen (secondary N) is 2. The Labute approximate surface area is 133 Å². The summed E-state index contributed by atoms with van der Waals surface area (Å²) in [5.74, 6) is 1.26. The molecule has 0 amide bonds. The average Bonchev–Trinajstić information content (AvgIpc) is 2.57. The van der Waals surface area contributed by atoms with Crippen molar-refractivity contribution in [3.05, 3.63) is 71.6 Å². The van der Waals surface area contributed by atoms with E-state index < -0.39 is 0 Å². The molecule has 110 valence electrons. The third-order valence-electron chi connectivity index (χ3n) is 2.93. The van der Waals surface area contributed by atoms with Gasteiger partial charge in [-0.15, -0.1) is 0 Å². The summed E-state index contributed by atoms with van der Waals surface area (Å²) in [6.07, 6.45) is 3.47. The Balaban J connectivity index is 1.66. The second-order valence-corrected chi connectivity index (χ2v) is 5.01. The van der Waals surface area contributed by atoms with Crippen LogP contribution in [0.2, 0.25) is 5.02 Å². The zero-order valence-electron chi connectivity index (χ0n) is 11.7. The van der Waals surface area contributed by atoms with Crippen LogP contribution in [0.3, 0.4) is 0 Å². The highest BCUT2D eigenvalue weighted by Crippen LogP contribution is 2.17. The lowest BCUT2D eigenvalue weighted by Gasteiger charge is -2.08. The van der Waals surface area contributed by atoms with Crippen LogP contribution in [0.4, 0.5) is 17.5 Å². The van der Waals surface area contributed by atoms with Gasteiger partial charge < -0.3 is 10.6 Å². The molecule has 2 aromatic heterocycles. The zero-order valence-corrected chi connectivity index (χ0v) is 12.5. The lowest BCUT2D eigenvalue weighted by Crippen LogP contribution is -2.05. The first-order valence-corrected chi connectivity index (χ1v) is 7.17. The number of rotatable bonds is 5. The van der Waals surface area contributed by atoms with E-state index in [0.29, 0.717) is 17.5 Å². The SMILES string of the molecule is Clc1ccc(Nc2nccc(NCc3ccccn3)n2)cc1. The van der Waals surface area contributed by atoms with Crippen LogP contribution in [0.1, 0.15) is 5.69 Å². The summed E-state index contributed by atoms with van der Waals surface area (Å²) in [7, 11) is 0. The summed E-state index contributed by atoms with van der Waals surface area (Å²) < 4.78 is 0. The molecule has 0 bridgehead atoms. The molecular weight excluding hydrogens is 298 g/mol. The van der Waals surface area contributed by atoms with Gasteiger partial charge in [0.2, 0.25) is 5.95 Å². The van der Waals surface area contributed by atoms with Crippen molar-refractivity contribution in [3.63, 3.8) is 0 Å². The maximum Gasteiger partial charge on any atom is 0.229 e. The molecule has 0 radical (unpaired) electrons. The standard InChI is InChI=1S/C16H14ClN5/c17-12-4-6-13(7-5-12)21-16-19-10-8-15(22-16)20-11-14-3-1-2-9-18-14/h1-10H,11H2,(H2,19,20,21,22). The van der Waals surface area contributed by atoms with Crippen molar-refractivity contribution in [3.8, 4) is 0 Å². The molecule has 6 heteroatoms. The Morgan fingerprint density at radius 3 is 2.55 bits per heavy atom. The minimum Gasteiger partial charge on any atom is -0.364 e. The molecule has 5 nitrogen and oxygen atoms in total. The predicted octanol–water partition coefficient (Wildman–Crippen LogP) is 3.88. The summed E-state index contributed by atoms with van der Waals surface area (Å²) in [5.41, 5.74) is 1.83. The first-order valence-electron chi connectivity index (χ1n) is 6.79. The quantitative estimate of drug-likeness (QED) is 0.748. The van der Waals surface area contributed by atoms with Gasteiger partial charge in [0.15, 0.2) is 0 Å². The van der Waals surface area contributed by atoms with Crippen LogP contribution >= 0.6 is 11.6 Å². The van der Waals surface area contributed by atoms with Gasteiger partial charge >= 0.3 is 0 Å². The van der Waals surface area contributed by atoms with Crippen LogP contribution in [0, 0.1) is 0 Å². The van der Waals surface area contributed by atoms with Gasteiger partial charge in [0.25, 0.3) is 0 Å². The van der Waals surface area contributed by atoms with Crippen LogP contribution in [-0.4, -0.2) is 15.0 Å². The number of benzene rings is 1. The minimum absolute atomic E-state index is 0.522. The van der Waals surface area contributed by atoms with Gasteiger partial charge in [-0.2, -0.15) is 4.98 Å². The molecular formula is C16H14ClN5. The lowest BCUT2D eigenvalue weighted by molar-refractivity contribution is 1.02. The highest BCUT2D eigenvalue weighted by atomic mass is 35.5. The van der Waals surface area contributed by atoms with E-state index in [1.54, 1.807) is 12.4 Å². The van der Waals surface area contributed by atoms with Crippen LogP contribution in [0.5, 0.6) is 0 Å². The Morgan fingerprint density at radius 2 is 1.77 bits per heavy atom. The molecule has 3 aromatic rings. The molecule has 0 aliphatic carbocycles. The Bertz CT molecular complexity index is 731. The van der Waals surface area contributed by atoms with Crippen LogP contribution in [0.15, 0.2) is 60.9 Å². The summed E-state index contributed by atoms with van der Waals surface area (Å²) in [4.78, 5) is 12.9. The first-order chi connectivity index (χ1) is 10.8. The highest BCUT2D eigenvalue weighted by Gasteiger charge is 2.01. The summed E-state index contributed by atoms with van der Waals surface area (Å²) >= 11 is 5.86. The van der Waals surface area contributed by atoms with Crippen molar-refractivity contribution in [1.29, 1.82) is 0 Å². The van der Waals surface area contributed by atoms with E-state index in [1.165, 1.54) is 0 Å². The van der Waals surface area contributed by atoms with Crippen molar-refractivity contribution >= 4 is 29.1 Å². The first kappa shape index (κ1) is 14.3. The molecule has 1 aromatic carbocycles. The molecule has 0 spiro atoms. The van der Waals surface area contributed by atoms with E-state index in [1.807, 2.05) is 48.5 Å². The normalized spacial score (nSPS) is 10.2. The molecule has 2 N–H and O–H groups in total. The molecule has 0 atom stereocenters. The second-order valence-electron chi connectivity index (χ2n) is 4.57. The highest BCUT2D eigenvalue weighted by molar-refractivity contribution is 6.30. The van der Waals surface area contributed by atoms with E-state index in [9.17, 15) is 0 Å². The fourth-order valence-corrected chi connectivity index (χ4v) is 1.99. The molecule has 0 saturated carbocycles. The van der Waals surface area contributed by atoms with Gasteiger partial charge in [0.1, 0.15) is 5.82 Å². The van der Waals surface area contributed by atoms with Gasteiger partial charge in [0.05, 0.1) is 12.2 Å². The maximum absolute atomic E-state index is 5.86. The Kier molecular flexibility index (Phi) is 4.46. The number of hydrogen-bond acceptors (Lipinski definition) is 5. The van der Waals surface area contributed by atoms with Gasteiger partial charge in [-0.1, -0.05) is 17.7 Å². The van der Waals surface area contributed by atoms with E-state index in [2.05, 4.69) is 25.6 Å². The number of hydrogen-bond donors (Lipinski definition) is 2. The molecule has 3 rings (SSSR count). The molecule has 0 fully saturated rings. The van der Waals surface area contributed by atoms with Crippen molar-refractivity contribution in [2.75, 3.05) is 10.6 Å². The molecule has 0 unspecified atom stereocenters. The predicted molar refractivity (Wildman–Crippen MR) is 88.3 cm³/mol. The number of pyridine rings is 1. The van der Waals surface area contributed by atoms with Crippen molar-refractivity contribution < 1.29 is 0 Å². The van der Waals surface area contributed by atoms with E-state index in [0.717, 1.165) is 17.2 Å². The maximum atomic E-state index is 5.86. The number of anilines is 3. The van der Waals surface area contributed by atoms with Crippen molar-refractivity contribution in [2.24, 2.45) is 0 Å². The second kappa shape index (κ2) is 6.87. The average molecular weight is 312 g/mol. The molecule has 0 aliphatic heterocycles. The third kappa shape index (κ3) is 3.93. The molecule has 22 heavy (non-hydrogen) atoms. The van der Waals surface area contributed by atoms with Crippen molar-refractivity contribution in [2.45, 2.75) is 6.54 Å². The van der Waals surface area contributed by atoms with Gasteiger partial charge in [-0.05, 0) is 42.5 Å². The van der Waals surface area contributed by atoms with Crippen molar-refractivity contribution in [1.82, 2.24) is 15.0 Å². The lowest BCUT2D eigenvalue weighted by atomic mass is 10.3. The van der Waals surface area contributed by atoms with Crippen LogP contribution in [-0.2, 0) is 6.54 Å². The Morgan fingerprint density at radius 1 is 0.909 bits per heavy atom. The molecule has 0 aliphatic rings. The fraction of sp³-hybridized carbons (Fsp3) is 0.0625. The van der Waals surface area contributed by atoms with Crippen LogP contribution < -0.4 is 10.6 Å².